The van der Waals surface area contributed by atoms with Gasteiger partial charge >= 0.3 is 6.09 Å². The standard InChI is InChI=1S/C17H18N2O2/c1-11(18)19-17(20)21-10-13-6-4-8-15-14-7-3-2-5-12(14)9-16(13)15/h2-8,11H,9-10,18H2,1H3,(H,19,20). The summed E-state index contributed by atoms with van der Waals surface area (Å²) in [5.74, 6) is 0. The highest BCUT2D eigenvalue weighted by atomic mass is 16.5. The molecule has 4 heteroatoms. The van der Waals surface area contributed by atoms with E-state index >= 15 is 0 Å². The van der Waals surface area contributed by atoms with Gasteiger partial charge in [0, 0.05) is 0 Å². The lowest BCUT2D eigenvalue weighted by atomic mass is 10.0. The molecule has 0 aromatic heterocycles. The molecular formula is C17H18N2O2. The zero-order chi connectivity index (χ0) is 14.8. The summed E-state index contributed by atoms with van der Waals surface area (Å²) in [5, 5.41) is 2.51. The Balaban J connectivity index is 1.79. The summed E-state index contributed by atoms with van der Waals surface area (Å²) in [6.07, 6.45) is -0.0127. The second kappa shape index (κ2) is 5.58. The highest BCUT2D eigenvalue weighted by Gasteiger charge is 2.20. The van der Waals surface area contributed by atoms with E-state index in [0.717, 1.165) is 12.0 Å². The monoisotopic (exact) mass is 282 g/mol. The molecule has 108 valence electrons. The lowest BCUT2D eigenvalue weighted by Gasteiger charge is -2.11. The smallest absolute Gasteiger partial charge is 0.408 e. The third kappa shape index (κ3) is 2.76. The van der Waals surface area contributed by atoms with Crippen molar-refractivity contribution in [1.29, 1.82) is 0 Å². The third-order valence-electron chi connectivity index (χ3n) is 3.65. The van der Waals surface area contributed by atoms with Gasteiger partial charge in [-0.2, -0.15) is 0 Å². The fourth-order valence-corrected chi connectivity index (χ4v) is 2.73. The van der Waals surface area contributed by atoms with Crippen LogP contribution in [-0.4, -0.2) is 12.3 Å². The normalized spacial score (nSPS) is 13.2. The largest absolute Gasteiger partial charge is 0.445 e. The Morgan fingerprint density at radius 1 is 1.24 bits per heavy atom. The van der Waals surface area contributed by atoms with E-state index in [1.807, 2.05) is 18.2 Å². The van der Waals surface area contributed by atoms with Crippen LogP contribution in [0.2, 0.25) is 0 Å². The summed E-state index contributed by atoms with van der Waals surface area (Å²) in [4.78, 5) is 11.5. The molecule has 2 aromatic carbocycles. The number of benzene rings is 2. The maximum Gasteiger partial charge on any atom is 0.408 e. The molecule has 0 saturated heterocycles. The van der Waals surface area contributed by atoms with Gasteiger partial charge in [-0.3, -0.25) is 0 Å². The van der Waals surface area contributed by atoms with Crippen LogP contribution >= 0.6 is 0 Å². The molecule has 2 aromatic rings. The minimum absolute atomic E-state index is 0.260. The van der Waals surface area contributed by atoms with Crippen molar-refractivity contribution in [3.8, 4) is 11.1 Å². The second-order valence-electron chi connectivity index (χ2n) is 5.29. The number of hydrogen-bond donors (Lipinski definition) is 2. The molecule has 0 radical (unpaired) electrons. The number of fused-ring (bicyclic) bond motifs is 3. The van der Waals surface area contributed by atoms with Gasteiger partial charge in [0.05, 0.1) is 6.17 Å². The first-order valence-corrected chi connectivity index (χ1v) is 7.03. The van der Waals surface area contributed by atoms with Gasteiger partial charge in [-0.05, 0) is 41.2 Å². The molecule has 1 aliphatic rings. The molecule has 1 atom stereocenters. The quantitative estimate of drug-likeness (QED) is 0.726. The number of rotatable bonds is 3. The number of nitrogens with one attached hydrogen (secondary N) is 1. The first-order valence-electron chi connectivity index (χ1n) is 7.03. The minimum Gasteiger partial charge on any atom is -0.445 e. The van der Waals surface area contributed by atoms with Crippen LogP contribution in [0.3, 0.4) is 0 Å². The van der Waals surface area contributed by atoms with E-state index in [4.69, 9.17) is 10.5 Å². The number of carbonyl (C=O) groups excluding carboxylic acids is 1. The summed E-state index contributed by atoms with van der Waals surface area (Å²) in [6, 6.07) is 14.5. The molecule has 0 heterocycles. The molecule has 0 bridgehead atoms. The van der Waals surface area contributed by atoms with Gasteiger partial charge in [-0.1, -0.05) is 42.5 Å². The molecule has 21 heavy (non-hydrogen) atoms. The Morgan fingerprint density at radius 2 is 2.00 bits per heavy atom. The van der Waals surface area contributed by atoms with Crippen LogP contribution in [0.1, 0.15) is 23.6 Å². The van der Waals surface area contributed by atoms with Crippen LogP contribution in [0, 0.1) is 0 Å². The molecule has 0 spiro atoms. The van der Waals surface area contributed by atoms with Gasteiger partial charge in [0.15, 0.2) is 0 Å². The van der Waals surface area contributed by atoms with Crippen molar-refractivity contribution in [2.75, 3.05) is 0 Å². The average molecular weight is 282 g/mol. The molecule has 0 fully saturated rings. The fraction of sp³-hybridized carbons (Fsp3) is 0.235. The van der Waals surface area contributed by atoms with E-state index in [9.17, 15) is 4.79 Å². The lowest BCUT2D eigenvalue weighted by molar-refractivity contribution is 0.136. The van der Waals surface area contributed by atoms with Crippen LogP contribution < -0.4 is 11.1 Å². The number of hydrogen-bond acceptors (Lipinski definition) is 3. The van der Waals surface area contributed by atoms with Crippen molar-refractivity contribution in [1.82, 2.24) is 5.32 Å². The first kappa shape index (κ1) is 13.6. The van der Waals surface area contributed by atoms with Crippen molar-refractivity contribution >= 4 is 6.09 Å². The van der Waals surface area contributed by atoms with E-state index in [1.54, 1.807) is 6.92 Å². The number of nitrogens with two attached hydrogens (primary N) is 1. The molecule has 3 rings (SSSR count). The Morgan fingerprint density at radius 3 is 2.81 bits per heavy atom. The van der Waals surface area contributed by atoms with Gasteiger partial charge in [0.1, 0.15) is 6.61 Å². The SMILES string of the molecule is CC(N)NC(=O)OCc1cccc2c1Cc1ccccc1-2. The van der Waals surface area contributed by atoms with Gasteiger partial charge in [0.25, 0.3) is 0 Å². The van der Waals surface area contributed by atoms with Gasteiger partial charge in [0.2, 0.25) is 0 Å². The van der Waals surface area contributed by atoms with Crippen LogP contribution in [0.25, 0.3) is 11.1 Å². The topological polar surface area (TPSA) is 64.3 Å². The molecule has 0 saturated carbocycles. The summed E-state index contributed by atoms with van der Waals surface area (Å²) >= 11 is 0. The lowest BCUT2D eigenvalue weighted by Crippen LogP contribution is -2.39. The maximum absolute atomic E-state index is 11.5. The molecule has 1 unspecified atom stereocenters. The van der Waals surface area contributed by atoms with E-state index in [-0.39, 0.29) is 6.61 Å². The molecular weight excluding hydrogens is 264 g/mol. The number of alkyl carbamates (subject to hydrolysis) is 1. The van der Waals surface area contributed by atoms with E-state index in [1.165, 1.54) is 22.3 Å². The zero-order valence-electron chi connectivity index (χ0n) is 11.9. The Hall–Kier alpha value is -2.33. The van der Waals surface area contributed by atoms with Crippen molar-refractivity contribution in [3.63, 3.8) is 0 Å². The third-order valence-corrected chi connectivity index (χ3v) is 3.65. The Labute approximate surface area is 123 Å². The molecule has 0 aliphatic heterocycles. The van der Waals surface area contributed by atoms with E-state index in [2.05, 4.69) is 29.6 Å². The zero-order valence-corrected chi connectivity index (χ0v) is 11.9. The fourth-order valence-electron chi connectivity index (χ4n) is 2.73. The molecule has 1 amide bonds. The van der Waals surface area contributed by atoms with E-state index in [0.29, 0.717) is 0 Å². The number of ether oxygens (including phenoxy) is 1. The van der Waals surface area contributed by atoms with E-state index < -0.39 is 12.3 Å². The van der Waals surface area contributed by atoms with Crippen LogP contribution in [0.15, 0.2) is 42.5 Å². The predicted octanol–water partition coefficient (Wildman–Crippen LogP) is 2.79. The summed E-state index contributed by atoms with van der Waals surface area (Å²) in [5.41, 5.74) is 11.6. The molecule has 1 aliphatic carbocycles. The minimum atomic E-state index is -0.488. The van der Waals surface area contributed by atoms with Gasteiger partial charge in [-0.15, -0.1) is 0 Å². The first-order chi connectivity index (χ1) is 10.1. The van der Waals surface area contributed by atoms with Crippen LogP contribution in [0.5, 0.6) is 0 Å². The summed E-state index contributed by atoms with van der Waals surface area (Å²) in [7, 11) is 0. The summed E-state index contributed by atoms with van der Waals surface area (Å²) in [6.45, 7) is 1.95. The molecule has 3 N–H and O–H groups in total. The van der Waals surface area contributed by atoms with Gasteiger partial charge < -0.3 is 15.8 Å². The van der Waals surface area contributed by atoms with Crippen LogP contribution in [0.4, 0.5) is 4.79 Å². The van der Waals surface area contributed by atoms with Crippen molar-refractivity contribution < 1.29 is 9.53 Å². The second-order valence-corrected chi connectivity index (χ2v) is 5.29. The maximum atomic E-state index is 11.5. The van der Waals surface area contributed by atoms with Crippen molar-refractivity contribution in [2.45, 2.75) is 26.1 Å². The average Bonchev–Trinajstić information content (AvgIpc) is 2.83. The van der Waals surface area contributed by atoms with Gasteiger partial charge in [-0.25, -0.2) is 4.79 Å². The Bertz CT molecular complexity index is 680. The predicted molar refractivity (Wildman–Crippen MR) is 81.7 cm³/mol. The highest BCUT2D eigenvalue weighted by molar-refractivity contribution is 5.78. The summed E-state index contributed by atoms with van der Waals surface area (Å²) < 4.78 is 5.23. The molecule has 4 nitrogen and oxygen atoms in total. The number of amides is 1. The van der Waals surface area contributed by atoms with Crippen LogP contribution in [-0.2, 0) is 17.8 Å². The number of carbonyl (C=O) groups is 1. The van der Waals surface area contributed by atoms with Crippen molar-refractivity contribution in [2.24, 2.45) is 5.73 Å². The highest BCUT2D eigenvalue weighted by Crippen LogP contribution is 2.38. The Kier molecular flexibility index (Phi) is 3.62. The van der Waals surface area contributed by atoms with Crippen molar-refractivity contribution in [3.05, 3.63) is 59.2 Å².